The van der Waals surface area contributed by atoms with Crippen molar-refractivity contribution in [2.45, 2.75) is 39.8 Å². The van der Waals surface area contributed by atoms with Gasteiger partial charge in [-0.1, -0.05) is 24.3 Å². The van der Waals surface area contributed by atoms with Crippen molar-refractivity contribution in [3.63, 3.8) is 0 Å². The SMILES string of the molecule is COc1cc(N2C(=S)N[C@@H](c3ccccn3)[C@H]2c2cc(C)n(-c3c(C)cccc3C)c2C)ccc1NS(C)(=O)=O. The predicted octanol–water partition coefficient (Wildman–Crippen LogP) is 5.66. The molecule has 2 aromatic heterocycles. The molecule has 208 valence electrons. The molecule has 40 heavy (non-hydrogen) atoms. The fourth-order valence-corrected chi connectivity index (χ4v) is 6.57. The van der Waals surface area contributed by atoms with Gasteiger partial charge in [0.15, 0.2) is 5.11 Å². The van der Waals surface area contributed by atoms with Crippen molar-refractivity contribution in [3.8, 4) is 11.4 Å². The molecule has 0 unspecified atom stereocenters. The van der Waals surface area contributed by atoms with E-state index in [0.29, 0.717) is 16.5 Å². The van der Waals surface area contributed by atoms with Gasteiger partial charge in [-0.3, -0.25) is 9.71 Å². The van der Waals surface area contributed by atoms with Crippen LogP contribution >= 0.6 is 12.2 Å². The van der Waals surface area contributed by atoms with E-state index in [1.165, 1.54) is 23.9 Å². The Morgan fingerprint density at radius 1 is 1.00 bits per heavy atom. The van der Waals surface area contributed by atoms with Crippen LogP contribution in [-0.2, 0) is 10.0 Å². The fourth-order valence-electron chi connectivity index (χ4n) is 5.65. The summed E-state index contributed by atoms with van der Waals surface area (Å²) in [6.45, 7) is 8.53. The summed E-state index contributed by atoms with van der Waals surface area (Å²) in [6, 6.07) is 19.3. The lowest BCUT2D eigenvalue weighted by atomic mass is 9.96. The molecule has 2 N–H and O–H groups in total. The molecule has 0 bridgehead atoms. The predicted molar refractivity (Wildman–Crippen MR) is 164 cm³/mol. The molecular formula is C30H33N5O3S2. The van der Waals surface area contributed by atoms with Crippen molar-refractivity contribution < 1.29 is 13.2 Å². The third-order valence-electron chi connectivity index (χ3n) is 7.31. The standard InChI is InChI=1S/C30H33N5O3S2/c1-18-10-9-11-19(2)28(18)34-20(3)16-23(21(34)4)29-27(25-12-7-8-15-31-25)32-30(39)35(29)22-13-14-24(26(17-22)38-5)33-40(6,36)37/h7-17,27,29,33H,1-6H3,(H,32,39)/t27-,29+/m0/s1. The number of aryl methyl sites for hydroxylation is 3. The number of nitrogens with zero attached hydrogens (tertiary/aromatic N) is 3. The van der Waals surface area contributed by atoms with Gasteiger partial charge in [-0.25, -0.2) is 8.42 Å². The molecular weight excluding hydrogens is 542 g/mol. The number of pyridine rings is 1. The molecule has 2 atom stereocenters. The number of methoxy groups -OCH3 is 1. The third-order valence-corrected chi connectivity index (χ3v) is 8.21. The molecule has 0 spiro atoms. The van der Waals surface area contributed by atoms with Gasteiger partial charge in [0.1, 0.15) is 5.75 Å². The first-order chi connectivity index (χ1) is 19.0. The molecule has 1 aliphatic rings. The largest absolute Gasteiger partial charge is 0.494 e. The summed E-state index contributed by atoms with van der Waals surface area (Å²) in [6.07, 6.45) is 2.90. The number of hydrogen-bond acceptors (Lipinski definition) is 5. The van der Waals surface area contributed by atoms with Crippen LogP contribution in [0, 0.1) is 27.7 Å². The third kappa shape index (κ3) is 5.04. The van der Waals surface area contributed by atoms with Crippen LogP contribution < -0.4 is 19.7 Å². The molecule has 2 aromatic carbocycles. The number of sulfonamides is 1. The first-order valence-corrected chi connectivity index (χ1v) is 15.2. The number of thiocarbonyl (C=S) groups is 1. The Labute approximate surface area is 241 Å². The van der Waals surface area contributed by atoms with Crippen molar-refractivity contribution >= 4 is 38.7 Å². The Kier molecular flexibility index (Phi) is 7.32. The second-order valence-electron chi connectivity index (χ2n) is 10.2. The zero-order valence-electron chi connectivity index (χ0n) is 23.4. The highest BCUT2D eigenvalue weighted by molar-refractivity contribution is 7.92. The highest BCUT2D eigenvalue weighted by Gasteiger charge is 2.42. The normalized spacial score (nSPS) is 17.1. The van der Waals surface area contributed by atoms with Crippen LogP contribution in [0.5, 0.6) is 5.75 Å². The van der Waals surface area contributed by atoms with Gasteiger partial charge in [0.2, 0.25) is 10.0 Å². The van der Waals surface area contributed by atoms with Crippen molar-refractivity contribution in [2.24, 2.45) is 0 Å². The van der Waals surface area contributed by atoms with E-state index < -0.39 is 10.0 Å². The van der Waals surface area contributed by atoms with Crippen molar-refractivity contribution in [3.05, 3.63) is 101 Å². The van der Waals surface area contributed by atoms with E-state index in [4.69, 9.17) is 17.0 Å². The number of ether oxygens (including phenoxy) is 1. The number of nitrogens with one attached hydrogen (secondary N) is 2. The topological polar surface area (TPSA) is 88.5 Å². The maximum absolute atomic E-state index is 11.9. The summed E-state index contributed by atoms with van der Waals surface area (Å²) in [5.74, 6) is 0.395. The number of hydrogen-bond donors (Lipinski definition) is 2. The molecule has 0 radical (unpaired) electrons. The zero-order valence-corrected chi connectivity index (χ0v) is 25.0. The highest BCUT2D eigenvalue weighted by atomic mass is 32.2. The summed E-state index contributed by atoms with van der Waals surface area (Å²) < 4.78 is 34.3. The van der Waals surface area contributed by atoms with Crippen molar-refractivity contribution in [1.82, 2.24) is 14.9 Å². The van der Waals surface area contributed by atoms with Crippen LogP contribution in [-0.4, -0.2) is 36.4 Å². The Morgan fingerprint density at radius 3 is 2.35 bits per heavy atom. The van der Waals surface area contributed by atoms with E-state index in [-0.39, 0.29) is 12.1 Å². The monoisotopic (exact) mass is 575 g/mol. The second-order valence-corrected chi connectivity index (χ2v) is 12.3. The molecule has 1 fully saturated rings. The lowest BCUT2D eigenvalue weighted by Gasteiger charge is -2.29. The lowest BCUT2D eigenvalue weighted by molar-refractivity contribution is 0.417. The van der Waals surface area contributed by atoms with Gasteiger partial charge >= 0.3 is 0 Å². The molecule has 0 aliphatic carbocycles. The Bertz CT molecular complexity index is 1680. The average molecular weight is 576 g/mol. The average Bonchev–Trinajstić information content (AvgIpc) is 3.39. The summed E-state index contributed by atoms with van der Waals surface area (Å²) in [5, 5.41) is 4.05. The van der Waals surface area contributed by atoms with Crippen LogP contribution in [0.3, 0.4) is 0 Å². The minimum atomic E-state index is -3.48. The van der Waals surface area contributed by atoms with Gasteiger partial charge in [0, 0.05) is 29.3 Å². The number of benzene rings is 2. The summed E-state index contributed by atoms with van der Waals surface area (Å²) in [5.41, 5.74) is 8.92. The van der Waals surface area contributed by atoms with Crippen LogP contribution in [0.25, 0.3) is 5.69 Å². The van der Waals surface area contributed by atoms with E-state index in [1.54, 1.807) is 18.3 Å². The van der Waals surface area contributed by atoms with Gasteiger partial charge < -0.3 is 19.5 Å². The van der Waals surface area contributed by atoms with Crippen LogP contribution in [0.1, 0.15) is 45.9 Å². The molecule has 1 aliphatic heterocycles. The van der Waals surface area contributed by atoms with E-state index in [9.17, 15) is 8.42 Å². The smallest absolute Gasteiger partial charge is 0.229 e. The van der Waals surface area contributed by atoms with Crippen LogP contribution in [0.2, 0.25) is 0 Å². The molecule has 1 saturated heterocycles. The first kappa shape index (κ1) is 27.7. The number of rotatable bonds is 7. The maximum Gasteiger partial charge on any atom is 0.229 e. The first-order valence-electron chi connectivity index (χ1n) is 12.9. The molecule has 0 amide bonds. The van der Waals surface area contributed by atoms with Gasteiger partial charge in [0.25, 0.3) is 0 Å². The molecule has 4 aromatic rings. The van der Waals surface area contributed by atoms with Gasteiger partial charge in [-0.05, 0) is 86.9 Å². The molecule has 0 saturated carbocycles. The zero-order chi connectivity index (χ0) is 28.8. The van der Waals surface area contributed by atoms with E-state index in [2.05, 4.69) is 76.5 Å². The minimum absolute atomic E-state index is 0.222. The van der Waals surface area contributed by atoms with E-state index in [1.807, 2.05) is 24.3 Å². The number of aromatic nitrogens is 2. The molecule has 3 heterocycles. The lowest BCUT2D eigenvalue weighted by Crippen LogP contribution is -2.29. The minimum Gasteiger partial charge on any atom is -0.494 e. The van der Waals surface area contributed by atoms with E-state index >= 15 is 0 Å². The molecule has 5 rings (SSSR count). The van der Waals surface area contributed by atoms with E-state index in [0.717, 1.165) is 34.6 Å². The molecule has 8 nitrogen and oxygen atoms in total. The fraction of sp³-hybridized carbons (Fsp3) is 0.267. The summed E-state index contributed by atoms with van der Waals surface area (Å²) in [7, 11) is -1.97. The molecule has 10 heteroatoms. The Morgan fingerprint density at radius 2 is 1.73 bits per heavy atom. The second kappa shape index (κ2) is 10.6. The highest BCUT2D eigenvalue weighted by Crippen LogP contribution is 2.45. The Hall–Kier alpha value is -3.89. The number of anilines is 2. The number of para-hydroxylation sites is 1. The summed E-state index contributed by atoms with van der Waals surface area (Å²) >= 11 is 5.92. The van der Waals surface area contributed by atoms with Gasteiger partial charge in [0.05, 0.1) is 42.5 Å². The van der Waals surface area contributed by atoms with Crippen molar-refractivity contribution in [2.75, 3.05) is 23.0 Å². The maximum atomic E-state index is 11.9. The summed E-state index contributed by atoms with van der Waals surface area (Å²) in [4.78, 5) is 6.74. The Balaban J connectivity index is 1.69. The van der Waals surface area contributed by atoms with Gasteiger partial charge in [-0.15, -0.1) is 0 Å². The quantitative estimate of drug-likeness (QED) is 0.275. The van der Waals surface area contributed by atoms with Crippen molar-refractivity contribution in [1.29, 1.82) is 0 Å². The van der Waals surface area contributed by atoms with Crippen LogP contribution in [0.4, 0.5) is 11.4 Å². The van der Waals surface area contributed by atoms with Crippen LogP contribution in [0.15, 0.2) is 66.9 Å². The van der Waals surface area contributed by atoms with Gasteiger partial charge in [-0.2, -0.15) is 0 Å².